The number of primary amides is 1. The Bertz CT molecular complexity index is 385. The lowest BCUT2D eigenvalue weighted by molar-refractivity contribution is -0.124. The summed E-state index contributed by atoms with van der Waals surface area (Å²) in [7, 11) is 0. The topological polar surface area (TPSA) is 72.2 Å². The number of aryl methyl sites for hydroxylation is 2. The van der Waals surface area contributed by atoms with E-state index in [4.69, 9.17) is 5.73 Å². The zero-order valence-corrected chi connectivity index (χ0v) is 10.0. The van der Waals surface area contributed by atoms with Crippen LogP contribution in [0.25, 0.3) is 0 Å². The van der Waals surface area contributed by atoms with Crippen LogP contribution in [0, 0.1) is 6.92 Å². The molecule has 4 nitrogen and oxygen atoms in total. The molecule has 1 aromatic carbocycles. The molecule has 0 radical (unpaired) electrons. The number of carbonyl (C=O) groups is 2. The van der Waals surface area contributed by atoms with Crippen molar-refractivity contribution in [3.8, 4) is 0 Å². The predicted octanol–water partition coefficient (Wildman–Crippen LogP) is 0.919. The van der Waals surface area contributed by atoms with Gasteiger partial charge in [0.05, 0.1) is 6.54 Å². The third-order valence-electron chi connectivity index (χ3n) is 2.45. The van der Waals surface area contributed by atoms with Crippen molar-refractivity contribution in [2.45, 2.75) is 26.2 Å². The first kappa shape index (κ1) is 13.2. The number of rotatable bonds is 6. The summed E-state index contributed by atoms with van der Waals surface area (Å²) in [5.74, 6) is -0.646. The number of benzene rings is 1. The smallest absolute Gasteiger partial charge is 0.236 e. The van der Waals surface area contributed by atoms with Gasteiger partial charge in [0.25, 0.3) is 0 Å². The summed E-state index contributed by atoms with van der Waals surface area (Å²) in [5.41, 5.74) is 7.37. The monoisotopic (exact) mass is 234 g/mol. The molecule has 0 saturated heterocycles. The van der Waals surface area contributed by atoms with Crippen LogP contribution in [0.3, 0.4) is 0 Å². The van der Waals surface area contributed by atoms with Crippen molar-refractivity contribution in [1.29, 1.82) is 0 Å². The summed E-state index contributed by atoms with van der Waals surface area (Å²) in [6.45, 7) is 1.96. The Balaban J connectivity index is 2.21. The lowest BCUT2D eigenvalue weighted by Crippen LogP contribution is -2.33. The zero-order chi connectivity index (χ0) is 12.7. The number of amides is 2. The van der Waals surface area contributed by atoms with Crippen molar-refractivity contribution in [3.63, 3.8) is 0 Å². The second-order valence-electron chi connectivity index (χ2n) is 4.08. The van der Waals surface area contributed by atoms with Crippen LogP contribution in [-0.4, -0.2) is 18.4 Å². The molecule has 1 aromatic rings. The highest BCUT2D eigenvalue weighted by Gasteiger charge is 2.02. The highest BCUT2D eigenvalue weighted by atomic mass is 16.2. The Morgan fingerprint density at radius 1 is 1.24 bits per heavy atom. The third kappa shape index (κ3) is 5.70. The second-order valence-corrected chi connectivity index (χ2v) is 4.08. The first-order valence-corrected chi connectivity index (χ1v) is 5.68. The van der Waals surface area contributed by atoms with E-state index in [1.807, 2.05) is 6.92 Å². The molecule has 1 rings (SSSR count). The Morgan fingerprint density at radius 3 is 2.47 bits per heavy atom. The number of hydrogen-bond donors (Lipinski definition) is 2. The quantitative estimate of drug-likeness (QED) is 0.768. The molecular formula is C13H18N2O2. The van der Waals surface area contributed by atoms with E-state index in [0.29, 0.717) is 6.42 Å². The van der Waals surface area contributed by atoms with Gasteiger partial charge < -0.3 is 11.1 Å². The average molecular weight is 234 g/mol. The second kappa shape index (κ2) is 6.68. The predicted molar refractivity (Wildman–Crippen MR) is 66.3 cm³/mol. The van der Waals surface area contributed by atoms with E-state index < -0.39 is 5.91 Å². The van der Waals surface area contributed by atoms with Crippen molar-refractivity contribution in [2.75, 3.05) is 6.54 Å². The lowest BCUT2D eigenvalue weighted by Gasteiger charge is -2.03. The van der Waals surface area contributed by atoms with Crippen molar-refractivity contribution >= 4 is 11.8 Å². The number of nitrogens with one attached hydrogen (secondary N) is 1. The van der Waals surface area contributed by atoms with E-state index in [1.54, 1.807) is 0 Å². The van der Waals surface area contributed by atoms with Crippen LogP contribution in [0.5, 0.6) is 0 Å². The molecule has 3 N–H and O–H groups in total. The summed E-state index contributed by atoms with van der Waals surface area (Å²) < 4.78 is 0. The van der Waals surface area contributed by atoms with Crippen LogP contribution in [0.1, 0.15) is 24.0 Å². The summed E-state index contributed by atoms with van der Waals surface area (Å²) in [6, 6.07) is 8.25. The number of nitrogens with two attached hydrogens (primary N) is 1. The van der Waals surface area contributed by atoms with Crippen LogP contribution >= 0.6 is 0 Å². The minimum absolute atomic E-state index is 0.0800. The summed E-state index contributed by atoms with van der Waals surface area (Å²) in [5, 5.41) is 2.46. The van der Waals surface area contributed by atoms with Crippen molar-refractivity contribution in [3.05, 3.63) is 35.4 Å². The van der Waals surface area contributed by atoms with Crippen LogP contribution in [0.2, 0.25) is 0 Å². The van der Waals surface area contributed by atoms with E-state index in [1.165, 1.54) is 11.1 Å². The molecule has 0 aliphatic heterocycles. The molecule has 0 heterocycles. The fraction of sp³-hybridized carbons (Fsp3) is 0.385. The summed E-state index contributed by atoms with van der Waals surface area (Å²) in [6.07, 6.45) is 2.05. The molecule has 17 heavy (non-hydrogen) atoms. The van der Waals surface area contributed by atoms with Crippen molar-refractivity contribution in [2.24, 2.45) is 5.73 Å². The Kier molecular flexibility index (Phi) is 5.20. The minimum atomic E-state index is -0.517. The maximum Gasteiger partial charge on any atom is 0.236 e. The minimum Gasteiger partial charge on any atom is -0.368 e. The standard InChI is InChI=1S/C13H18N2O2/c1-10-5-7-11(8-6-10)3-2-4-13(17)15-9-12(14)16/h5-8H,2-4,9H2,1H3,(H2,14,16)(H,15,17). The maximum absolute atomic E-state index is 11.3. The van der Waals surface area contributed by atoms with Crippen LogP contribution < -0.4 is 11.1 Å². The van der Waals surface area contributed by atoms with E-state index in [0.717, 1.165) is 12.8 Å². The van der Waals surface area contributed by atoms with Gasteiger partial charge in [-0.3, -0.25) is 9.59 Å². The number of hydrogen-bond acceptors (Lipinski definition) is 2. The molecule has 0 fully saturated rings. The van der Waals surface area contributed by atoms with Gasteiger partial charge in [0.15, 0.2) is 0 Å². The first-order valence-electron chi connectivity index (χ1n) is 5.68. The Morgan fingerprint density at radius 2 is 1.88 bits per heavy atom. The van der Waals surface area contributed by atoms with Crippen LogP contribution in [0.4, 0.5) is 0 Å². The van der Waals surface area contributed by atoms with Gasteiger partial charge in [0.1, 0.15) is 0 Å². The lowest BCUT2D eigenvalue weighted by atomic mass is 10.1. The van der Waals surface area contributed by atoms with E-state index in [9.17, 15) is 9.59 Å². The molecule has 2 amide bonds. The Hall–Kier alpha value is -1.84. The molecular weight excluding hydrogens is 216 g/mol. The molecule has 92 valence electrons. The van der Waals surface area contributed by atoms with Gasteiger partial charge in [-0.1, -0.05) is 29.8 Å². The highest BCUT2D eigenvalue weighted by molar-refractivity contribution is 5.83. The molecule has 0 saturated carbocycles. The summed E-state index contributed by atoms with van der Waals surface area (Å²) in [4.78, 5) is 21.7. The Labute approximate surface area is 101 Å². The van der Waals surface area contributed by atoms with Gasteiger partial charge in [0, 0.05) is 6.42 Å². The largest absolute Gasteiger partial charge is 0.368 e. The van der Waals surface area contributed by atoms with Gasteiger partial charge in [-0.25, -0.2) is 0 Å². The van der Waals surface area contributed by atoms with E-state index in [2.05, 4.69) is 29.6 Å². The van der Waals surface area contributed by atoms with Gasteiger partial charge >= 0.3 is 0 Å². The van der Waals surface area contributed by atoms with Gasteiger partial charge in [0.2, 0.25) is 11.8 Å². The molecule has 4 heteroatoms. The third-order valence-corrected chi connectivity index (χ3v) is 2.45. The fourth-order valence-corrected chi connectivity index (χ4v) is 1.48. The average Bonchev–Trinajstić information content (AvgIpc) is 2.29. The highest BCUT2D eigenvalue weighted by Crippen LogP contribution is 2.06. The van der Waals surface area contributed by atoms with Crippen LogP contribution in [0.15, 0.2) is 24.3 Å². The van der Waals surface area contributed by atoms with Gasteiger partial charge in [-0.05, 0) is 25.3 Å². The maximum atomic E-state index is 11.3. The molecule has 0 spiro atoms. The molecule has 0 aromatic heterocycles. The molecule has 0 unspecified atom stereocenters. The van der Waals surface area contributed by atoms with Crippen LogP contribution in [-0.2, 0) is 16.0 Å². The first-order chi connectivity index (χ1) is 8.08. The summed E-state index contributed by atoms with van der Waals surface area (Å²) >= 11 is 0. The van der Waals surface area contributed by atoms with E-state index in [-0.39, 0.29) is 12.5 Å². The van der Waals surface area contributed by atoms with Crippen molar-refractivity contribution in [1.82, 2.24) is 5.32 Å². The fourth-order valence-electron chi connectivity index (χ4n) is 1.48. The molecule has 0 bridgehead atoms. The molecule has 0 aliphatic carbocycles. The molecule has 0 aliphatic rings. The SMILES string of the molecule is Cc1ccc(CCCC(=O)NCC(N)=O)cc1. The number of carbonyl (C=O) groups excluding carboxylic acids is 2. The van der Waals surface area contributed by atoms with Crippen molar-refractivity contribution < 1.29 is 9.59 Å². The van der Waals surface area contributed by atoms with Gasteiger partial charge in [-0.2, -0.15) is 0 Å². The van der Waals surface area contributed by atoms with E-state index >= 15 is 0 Å². The molecule has 0 atom stereocenters. The zero-order valence-electron chi connectivity index (χ0n) is 10.0. The van der Waals surface area contributed by atoms with Gasteiger partial charge in [-0.15, -0.1) is 0 Å². The normalized spacial score (nSPS) is 9.94.